The number of carbonyl (C=O) groups excluding carboxylic acids is 2. The first-order chi connectivity index (χ1) is 14.2. The molecule has 3 N–H and O–H groups in total. The van der Waals surface area contributed by atoms with Gasteiger partial charge in [-0.05, 0) is 36.2 Å². The first-order valence-corrected chi connectivity index (χ1v) is 9.47. The van der Waals surface area contributed by atoms with Crippen molar-refractivity contribution in [1.29, 1.82) is 0 Å². The van der Waals surface area contributed by atoms with Crippen molar-refractivity contribution in [3.8, 4) is 0 Å². The summed E-state index contributed by atoms with van der Waals surface area (Å²) in [5.74, 6) is -0.416. The van der Waals surface area contributed by atoms with E-state index in [4.69, 9.17) is 4.74 Å². The number of carbonyl (C=O) groups is 2. The molecule has 3 atom stereocenters. The monoisotopic (exact) mass is 396 g/mol. The van der Waals surface area contributed by atoms with Crippen LogP contribution in [-0.2, 0) is 16.0 Å². The third-order valence-corrected chi connectivity index (χ3v) is 4.58. The van der Waals surface area contributed by atoms with Gasteiger partial charge >= 0.3 is 0 Å². The Labute approximate surface area is 169 Å². The third kappa shape index (κ3) is 6.20. The highest BCUT2D eigenvalue weighted by molar-refractivity contribution is 5.94. The Morgan fingerprint density at radius 1 is 1.03 bits per heavy atom. The van der Waals surface area contributed by atoms with Crippen molar-refractivity contribution in [3.05, 3.63) is 72.3 Å². The van der Waals surface area contributed by atoms with Gasteiger partial charge in [0.25, 0.3) is 5.91 Å². The van der Waals surface area contributed by atoms with Gasteiger partial charge in [0.15, 0.2) is 0 Å². The van der Waals surface area contributed by atoms with Crippen LogP contribution in [0.3, 0.4) is 0 Å². The van der Waals surface area contributed by atoms with Gasteiger partial charge < -0.3 is 20.5 Å². The van der Waals surface area contributed by atoms with E-state index >= 15 is 0 Å². The van der Waals surface area contributed by atoms with Crippen molar-refractivity contribution in [2.24, 2.45) is 0 Å². The molecule has 0 saturated carbocycles. The summed E-state index contributed by atoms with van der Waals surface area (Å²) in [5, 5.41) is 15.3. The number of pyridine rings is 2. The van der Waals surface area contributed by atoms with Crippen LogP contribution in [0.15, 0.2) is 61.2 Å². The lowest BCUT2D eigenvalue weighted by molar-refractivity contribution is -0.125. The fourth-order valence-electron chi connectivity index (χ4n) is 3.02. The standard InChI is InChI=1S/C21H24N4O4/c26-14-19-18(25-21(28)16-6-10-23-11-7-16)2-1-17(29-19)13-20(27)24-12-5-15-3-8-22-9-4-15/h1-4,6-11,17-19,26H,5,12-14H2,(H,24,27)(H,25,28)/t17-,18+,19+/m0/s1. The zero-order valence-corrected chi connectivity index (χ0v) is 15.9. The Morgan fingerprint density at radius 3 is 2.41 bits per heavy atom. The van der Waals surface area contributed by atoms with Crippen molar-refractivity contribution < 1.29 is 19.4 Å². The maximum absolute atomic E-state index is 12.3. The van der Waals surface area contributed by atoms with Gasteiger partial charge in [-0.3, -0.25) is 19.6 Å². The molecule has 0 saturated heterocycles. The molecule has 0 radical (unpaired) electrons. The highest BCUT2D eigenvalue weighted by Crippen LogP contribution is 2.16. The van der Waals surface area contributed by atoms with E-state index < -0.39 is 18.2 Å². The summed E-state index contributed by atoms with van der Waals surface area (Å²) in [4.78, 5) is 32.3. The summed E-state index contributed by atoms with van der Waals surface area (Å²) in [6.45, 7) is 0.249. The maximum atomic E-state index is 12.3. The van der Waals surface area contributed by atoms with E-state index in [1.165, 1.54) is 12.4 Å². The minimum atomic E-state index is -0.625. The number of hydrogen-bond donors (Lipinski definition) is 3. The van der Waals surface area contributed by atoms with Crippen molar-refractivity contribution in [1.82, 2.24) is 20.6 Å². The van der Waals surface area contributed by atoms with Crippen LogP contribution in [0.1, 0.15) is 22.3 Å². The normalized spacial score (nSPS) is 20.8. The molecule has 1 aliphatic heterocycles. The van der Waals surface area contributed by atoms with Crippen LogP contribution < -0.4 is 10.6 Å². The Balaban J connectivity index is 1.47. The topological polar surface area (TPSA) is 113 Å². The van der Waals surface area contributed by atoms with E-state index in [-0.39, 0.29) is 24.8 Å². The highest BCUT2D eigenvalue weighted by atomic mass is 16.5. The third-order valence-electron chi connectivity index (χ3n) is 4.58. The van der Waals surface area contributed by atoms with Gasteiger partial charge in [0.05, 0.1) is 25.2 Å². The largest absolute Gasteiger partial charge is 0.394 e. The number of nitrogens with zero attached hydrogens (tertiary/aromatic N) is 2. The molecule has 8 nitrogen and oxygen atoms in total. The molecular weight excluding hydrogens is 372 g/mol. The summed E-state index contributed by atoms with van der Waals surface area (Å²) < 4.78 is 5.79. The lowest BCUT2D eigenvalue weighted by Gasteiger charge is -2.31. The number of aliphatic hydroxyl groups is 1. The van der Waals surface area contributed by atoms with Crippen molar-refractivity contribution >= 4 is 11.8 Å². The molecule has 0 bridgehead atoms. The van der Waals surface area contributed by atoms with Gasteiger partial charge in [0, 0.05) is 36.9 Å². The van der Waals surface area contributed by atoms with Crippen LogP contribution in [0.2, 0.25) is 0 Å². The lowest BCUT2D eigenvalue weighted by atomic mass is 10.0. The summed E-state index contributed by atoms with van der Waals surface area (Å²) in [7, 11) is 0. The molecule has 3 rings (SSSR count). The summed E-state index contributed by atoms with van der Waals surface area (Å²) >= 11 is 0. The Hall–Kier alpha value is -3.10. The van der Waals surface area contributed by atoms with Crippen LogP contribution in [0.5, 0.6) is 0 Å². The molecule has 0 aromatic carbocycles. The predicted octanol–water partition coefficient (Wildman–Crippen LogP) is 0.640. The van der Waals surface area contributed by atoms with E-state index in [9.17, 15) is 14.7 Å². The molecule has 2 aromatic heterocycles. The molecule has 3 heterocycles. The number of hydrogen-bond acceptors (Lipinski definition) is 6. The van der Waals surface area contributed by atoms with Gasteiger partial charge in [-0.25, -0.2) is 0 Å². The molecule has 2 aromatic rings. The average molecular weight is 396 g/mol. The SMILES string of the molecule is O=C(C[C@@H]1C=C[C@@H](NC(=O)c2ccncc2)[C@@H](CO)O1)NCCc1ccncc1. The Kier molecular flexibility index (Phi) is 7.43. The second-order valence-corrected chi connectivity index (χ2v) is 6.68. The van der Waals surface area contributed by atoms with Crippen LogP contribution >= 0.6 is 0 Å². The van der Waals surface area contributed by atoms with Gasteiger partial charge in [-0.1, -0.05) is 12.2 Å². The van der Waals surface area contributed by atoms with E-state index in [2.05, 4.69) is 20.6 Å². The lowest BCUT2D eigenvalue weighted by Crippen LogP contribution is -2.49. The molecule has 0 fully saturated rings. The number of aliphatic hydroxyl groups excluding tert-OH is 1. The molecule has 0 spiro atoms. The molecular formula is C21H24N4O4. The molecule has 0 aliphatic carbocycles. The first-order valence-electron chi connectivity index (χ1n) is 9.47. The number of amides is 2. The number of aromatic nitrogens is 2. The fraction of sp³-hybridized carbons (Fsp3) is 0.333. The van der Waals surface area contributed by atoms with Gasteiger partial charge in [0.2, 0.25) is 5.91 Å². The molecule has 152 valence electrons. The summed E-state index contributed by atoms with van der Waals surface area (Å²) in [5.41, 5.74) is 1.57. The van der Waals surface area contributed by atoms with E-state index in [0.717, 1.165) is 12.0 Å². The minimum Gasteiger partial charge on any atom is -0.394 e. The van der Waals surface area contributed by atoms with Crippen LogP contribution in [0.25, 0.3) is 0 Å². The quantitative estimate of drug-likeness (QED) is 0.565. The molecule has 1 aliphatic rings. The Morgan fingerprint density at radius 2 is 1.72 bits per heavy atom. The van der Waals surface area contributed by atoms with Crippen LogP contribution in [0, 0.1) is 0 Å². The van der Waals surface area contributed by atoms with Gasteiger partial charge in [-0.2, -0.15) is 0 Å². The van der Waals surface area contributed by atoms with E-state index in [1.807, 2.05) is 12.1 Å². The minimum absolute atomic E-state index is 0.135. The van der Waals surface area contributed by atoms with E-state index in [1.54, 1.807) is 36.7 Å². The second-order valence-electron chi connectivity index (χ2n) is 6.68. The van der Waals surface area contributed by atoms with Crippen molar-refractivity contribution in [2.45, 2.75) is 31.1 Å². The highest BCUT2D eigenvalue weighted by Gasteiger charge is 2.29. The number of ether oxygens (including phenoxy) is 1. The van der Waals surface area contributed by atoms with Gasteiger partial charge in [-0.15, -0.1) is 0 Å². The fourth-order valence-corrected chi connectivity index (χ4v) is 3.02. The Bertz CT molecular complexity index is 829. The molecule has 0 unspecified atom stereocenters. The number of nitrogens with one attached hydrogen (secondary N) is 2. The number of rotatable bonds is 8. The van der Waals surface area contributed by atoms with Crippen LogP contribution in [-0.4, -0.2) is 58.3 Å². The summed E-state index contributed by atoms with van der Waals surface area (Å²) in [6, 6.07) is 6.55. The van der Waals surface area contributed by atoms with Crippen molar-refractivity contribution in [3.63, 3.8) is 0 Å². The molecule has 29 heavy (non-hydrogen) atoms. The van der Waals surface area contributed by atoms with E-state index in [0.29, 0.717) is 12.1 Å². The second kappa shape index (κ2) is 10.4. The zero-order valence-electron chi connectivity index (χ0n) is 15.9. The molecule has 2 amide bonds. The maximum Gasteiger partial charge on any atom is 0.251 e. The van der Waals surface area contributed by atoms with Crippen molar-refractivity contribution in [2.75, 3.05) is 13.2 Å². The van der Waals surface area contributed by atoms with Crippen LogP contribution in [0.4, 0.5) is 0 Å². The molecule has 8 heteroatoms. The van der Waals surface area contributed by atoms with Gasteiger partial charge in [0.1, 0.15) is 6.10 Å². The average Bonchev–Trinajstić information content (AvgIpc) is 2.76. The first kappa shape index (κ1) is 20.6. The predicted molar refractivity (Wildman–Crippen MR) is 106 cm³/mol. The summed E-state index contributed by atoms with van der Waals surface area (Å²) in [6.07, 6.45) is 9.80. The smallest absolute Gasteiger partial charge is 0.251 e. The zero-order chi connectivity index (χ0) is 20.5.